The van der Waals surface area contributed by atoms with Crippen LogP contribution in [0.2, 0.25) is 0 Å². The number of nitrogens with one attached hydrogen (secondary N) is 1. The Morgan fingerprint density at radius 3 is 1.80 bits per heavy atom. The second-order valence-corrected chi connectivity index (χ2v) is 1.03. The van der Waals surface area contributed by atoms with E-state index in [-0.39, 0.29) is 5.96 Å². The van der Waals surface area contributed by atoms with Crippen LogP contribution in [-0.2, 0) is 0 Å². The third-order valence-electron chi connectivity index (χ3n) is 0.278. The molecule has 0 radical (unpaired) electrons. The van der Waals surface area contributed by atoms with Crippen LogP contribution in [0.15, 0.2) is 0 Å². The standard InChI is InChI=1S/CH7N5.HNO3/c2-1(3)6(4)5;2-1(3)4/h4-5H2,(H3,2,3);(H,2,3,4). The lowest BCUT2D eigenvalue weighted by Crippen LogP contribution is -2.47. The van der Waals surface area contributed by atoms with E-state index in [0.717, 1.165) is 0 Å². The Balaban J connectivity index is 0. The van der Waals surface area contributed by atoms with Crippen molar-refractivity contribution in [1.82, 2.24) is 5.12 Å². The van der Waals surface area contributed by atoms with Crippen molar-refractivity contribution in [3.8, 4) is 0 Å². The van der Waals surface area contributed by atoms with E-state index in [9.17, 15) is 0 Å². The van der Waals surface area contributed by atoms with Gasteiger partial charge in [0.15, 0.2) is 0 Å². The largest absolute Gasteiger partial charge is 0.368 e. The minimum Gasteiger partial charge on any atom is -0.368 e. The molecule has 8 N–H and O–H groups in total. The first-order valence-electron chi connectivity index (χ1n) is 1.84. The molecule has 0 saturated carbocycles. The maximum atomic E-state index is 8.36. The van der Waals surface area contributed by atoms with Crippen molar-refractivity contribution in [1.29, 1.82) is 5.41 Å². The van der Waals surface area contributed by atoms with Crippen LogP contribution in [0.3, 0.4) is 0 Å². The summed E-state index contributed by atoms with van der Waals surface area (Å²) in [5.41, 5.74) is 4.69. The molecule has 0 aromatic heterocycles. The van der Waals surface area contributed by atoms with Gasteiger partial charge < -0.3 is 10.9 Å². The molecule has 9 heteroatoms. The lowest BCUT2D eigenvalue weighted by molar-refractivity contribution is -0.742. The highest BCUT2D eigenvalue weighted by Crippen LogP contribution is 1.48. The average molecular weight is 152 g/mol. The number of rotatable bonds is 0. The molecule has 0 aliphatic carbocycles. The highest BCUT2D eigenvalue weighted by molar-refractivity contribution is 5.72. The SMILES string of the molecule is N=C(N)N(N)N.O=[N+]([O-])O. The third-order valence-corrected chi connectivity index (χ3v) is 0.278. The molecule has 0 spiro atoms. The molecular formula is CH8N6O3. The van der Waals surface area contributed by atoms with Crippen molar-refractivity contribution >= 4 is 5.96 Å². The molecule has 0 aromatic carbocycles. The summed E-state index contributed by atoms with van der Waals surface area (Å²) in [7, 11) is 0. The number of hydrazine groups is 2. The molecule has 0 aromatic rings. The van der Waals surface area contributed by atoms with Gasteiger partial charge in [-0.15, -0.1) is 10.1 Å². The number of hydrogen-bond acceptors (Lipinski definition) is 5. The number of nitrogens with zero attached hydrogens (tertiary/aromatic N) is 2. The van der Waals surface area contributed by atoms with Gasteiger partial charge in [0.1, 0.15) is 0 Å². The van der Waals surface area contributed by atoms with Crippen LogP contribution in [-0.4, -0.2) is 21.4 Å². The van der Waals surface area contributed by atoms with Crippen molar-refractivity contribution in [2.45, 2.75) is 0 Å². The van der Waals surface area contributed by atoms with E-state index < -0.39 is 5.09 Å². The summed E-state index contributed by atoms with van der Waals surface area (Å²) in [5, 5.41) is 20.6. The predicted molar refractivity (Wildman–Crippen MR) is 30.9 cm³/mol. The van der Waals surface area contributed by atoms with E-state index in [4.69, 9.17) is 38.1 Å². The van der Waals surface area contributed by atoms with Gasteiger partial charge in [-0.3, -0.25) is 5.41 Å². The van der Waals surface area contributed by atoms with E-state index in [0.29, 0.717) is 5.12 Å². The molecular weight excluding hydrogens is 144 g/mol. The first-order valence-corrected chi connectivity index (χ1v) is 1.84. The highest BCUT2D eigenvalue weighted by Gasteiger charge is 1.84. The summed E-state index contributed by atoms with van der Waals surface area (Å²) in [4.78, 5) is 8.36. The Bertz CT molecular complexity index is 116. The van der Waals surface area contributed by atoms with E-state index in [1.165, 1.54) is 0 Å². The predicted octanol–water partition coefficient (Wildman–Crippen LogP) is -2.42. The van der Waals surface area contributed by atoms with Gasteiger partial charge in [0, 0.05) is 0 Å². The van der Waals surface area contributed by atoms with Gasteiger partial charge in [-0.05, 0) is 0 Å². The van der Waals surface area contributed by atoms with Crippen molar-refractivity contribution in [3.63, 3.8) is 0 Å². The summed E-state index contributed by atoms with van der Waals surface area (Å²) >= 11 is 0. The number of nitrogens with two attached hydrogens (primary N) is 3. The first-order chi connectivity index (χ1) is 4.37. The van der Waals surface area contributed by atoms with Crippen LogP contribution in [0, 0.1) is 15.5 Å². The first kappa shape index (κ1) is 11.2. The Morgan fingerprint density at radius 2 is 1.80 bits per heavy atom. The van der Waals surface area contributed by atoms with E-state index in [1.807, 2.05) is 0 Å². The Labute approximate surface area is 55.6 Å². The second-order valence-electron chi connectivity index (χ2n) is 1.03. The van der Waals surface area contributed by atoms with Crippen LogP contribution < -0.4 is 17.4 Å². The van der Waals surface area contributed by atoms with Gasteiger partial charge in [0.2, 0.25) is 5.96 Å². The molecule has 0 atom stereocenters. The fraction of sp³-hybridized carbons (Fsp3) is 0. The van der Waals surface area contributed by atoms with Crippen LogP contribution in [0.25, 0.3) is 0 Å². The smallest absolute Gasteiger partial charge is 0.291 e. The zero-order valence-corrected chi connectivity index (χ0v) is 4.89. The molecule has 0 aliphatic heterocycles. The fourth-order valence-electron chi connectivity index (χ4n) is 0. The summed E-state index contributed by atoms with van der Waals surface area (Å²) < 4.78 is 0. The van der Waals surface area contributed by atoms with Crippen LogP contribution in [0.4, 0.5) is 0 Å². The minimum atomic E-state index is -1.50. The maximum Gasteiger partial charge on any atom is 0.291 e. The zero-order chi connectivity index (χ0) is 8.73. The van der Waals surface area contributed by atoms with Crippen LogP contribution >= 0.6 is 0 Å². The Hall–Kier alpha value is -1.61. The van der Waals surface area contributed by atoms with Gasteiger partial charge in [-0.2, -0.15) is 0 Å². The Morgan fingerprint density at radius 1 is 1.70 bits per heavy atom. The fourth-order valence-corrected chi connectivity index (χ4v) is 0. The van der Waals surface area contributed by atoms with E-state index >= 15 is 0 Å². The van der Waals surface area contributed by atoms with Crippen LogP contribution in [0.1, 0.15) is 0 Å². The van der Waals surface area contributed by atoms with Crippen molar-refractivity contribution in [3.05, 3.63) is 10.1 Å². The molecule has 10 heavy (non-hydrogen) atoms. The molecule has 60 valence electrons. The molecule has 0 bridgehead atoms. The quantitative estimate of drug-likeness (QED) is 0.0845. The van der Waals surface area contributed by atoms with Gasteiger partial charge in [-0.1, -0.05) is 0 Å². The van der Waals surface area contributed by atoms with Gasteiger partial charge in [-0.25, -0.2) is 16.8 Å². The maximum absolute atomic E-state index is 8.36. The lowest BCUT2D eigenvalue weighted by atomic mass is 11.1. The van der Waals surface area contributed by atoms with Crippen molar-refractivity contribution in [2.24, 2.45) is 17.4 Å². The number of hydrogen-bond donors (Lipinski definition) is 5. The van der Waals surface area contributed by atoms with Crippen LogP contribution in [0.5, 0.6) is 0 Å². The average Bonchev–Trinajstić information content (AvgIpc) is 1.63. The molecule has 0 fully saturated rings. The minimum absolute atomic E-state index is 0.352. The second kappa shape index (κ2) is 5.53. The molecule has 0 heterocycles. The zero-order valence-electron chi connectivity index (χ0n) is 4.89. The molecule has 0 saturated heterocycles. The van der Waals surface area contributed by atoms with E-state index in [2.05, 4.69) is 0 Å². The monoisotopic (exact) mass is 152 g/mol. The normalized spacial score (nSPS) is 7.00. The molecule has 0 unspecified atom stereocenters. The van der Waals surface area contributed by atoms with Gasteiger partial charge in [0.05, 0.1) is 0 Å². The molecule has 0 amide bonds. The summed E-state index contributed by atoms with van der Waals surface area (Å²) in [6, 6.07) is 0. The third kappa shape index (κ3) is 32.5. The topological polar surface area (TPSA) is 169 Å². The van der Waals surface area contributed by atoms with Gasteiger partial charge >= 0.3 is 0 Å². The summed E-state index contributed by atoms with van der Waals surface area (Å²) in [5.74, 6) is 9.04. The molecule has 9 nitrogen and oxygen atoms in total. The van der Waals surface area contributed by atoms with Crippen molar-refractivity contribution < 1.29 is 10.3 Å². The van der Waals surface area contributed by atoms with Gasteiger partial charge in [0.25, 0.3) is 5.09 Å². The Kier molecular flexibility index (Phi) is 6.20. The molecule has 0 aliphatic rings. The van der Waals surface area contributed by atoms with E-state index in [1.54, 1.807) is 0 Å². The molecule has 0 rings (SSSR count). The number of guanidine groups is 1. The summed E-state index contributed by atoms with van der Waals surface area (Å²) in [6.45, 7) is 0. The van der Waals surface area contributed by atoms with Crippen molar-refractivity contribution in [2.75, 3.05) is 0 Å². The lowest BCUT2D eigenvalue weighted by Gasteiger charge is -2.04. The highest BCUT2D eigenvalue weighted by atomic mass is 16.9. The summed E-state index contributed by atoms with van der Waals surface area (Å²) in [6.07, 6.45) is 0.